The highest BCUT2D eigenvalue weighted by Crippen LogP contribution is 2.24. The molecule has 0 radical (unpaired) electrons. The average molecular weight is 254 g/mol. The molecule has 7 nitrogen and oxygen atoms in total. The van der Waals surface area contributed by atoms with E-state index in [1.54, 1.807) is 11.9 Å². The van der Waals surface area contributed by atoms with Gasteiger partial charge < -0.3 is 15.1 Å². The van der Waals surface area contributed by atoms with Crippen molar-refractivity contribution in [3.05, 3.63) is 33.9 Å². The standard InChI is InChI=1S/C11H14N2O5/c1-12(5-4-11(15)16)7-8-6-9(14)2-3-10(8)13(17)18/h2-3,6,14H,4-5,7H2,1H3,(H,15,16). The topological polar surface area (TPSA) is 104 Å². The van der Waals surface area contributed by atoms with E-state index in [1.807, 2.05) is 0 Å². The van der Waals surface area contributed by atoms with E-state index in [4.69, 9.17) is 5.11 Å². The van der Waals surface area contributed by atoms with Gasteiger partial charge in [-0.25, -0.2) is 0 Å². The van der Waals surface area contributed by atoms with Crippen molar-refractivity contribution in [1.82, 2.24) is 4.90 Å². The predicted octanol–water partition coefficient (Wildman–Crippen LogP) is 1.21. The molecule has 0 saturated heterocycles. The maximum Gasteiger partial charge on any atom is 0.304 e. The molecule has 1 aromatic carbocycles. The first-order chi connectivity index (χ1) is 8.40. The summed E-state index contributed by atoms with van der Waals surface area (Å²) in [6, 6.07) is 3.80. The molecule has 0 amide bonds. The first-order valence-electron chi connectivity index (χ1n) is 5.26. The van der Waals surface area contributed by atoms with Gasteiger partial charge in [0.1, 0.15) is 5.75 Å². The molecule has 1 aromatic rings. The van der Waals surface area contributed by atoms with Crippen LogP contribution in [0.25, 0.3) is 0 Å². The maximum atomic E-state index is 10.8. The highest BCUT2D eigenvalue weighted by molar-refractivity contribution is 5.66. The molecule has 0 aliphatic heterocycles. The number of nitro groups is 1. The van der Waals surface area contributed by atoms with Crippen LogP contribution in [0.3, 0.4) is 0 Å². The van der Waals surface area contributed by atoms with Crippen LogP contribution >= 0.6 is 0 Å². The van der Waals surface area contributed by atoms with Crippen molar-refractivity contribution >= 4 is 11.7 Å². The Morgan fingerprint density at radius 2 is 2.17 bits per heavy atom. The molecule has 0 saturated carbocycles. The molecule has 0 aromatic heterocycles. The van der Waals surface area contributed by atoms with E-state index < -0.39 is 10.9 Å². The lowest BCUT2D eigenvalue weighted by molar-refractivity contribution is -0.385. The van der Waals surface area contributed by atoms with Gasteiger partial charge in [0, 0.05) is 24.7 Å². The van der Waals surface area contributed by atoms with Gasteiger partial charge in [-0.3, -0.25) is 14.9 Å². The molecular formula is C11H14N2O5. The SMILES string of the molecule is CN(CCC(=O)O)Cc1cc(O)ccc1[N+](=O)[O-]. The monoisotopic (exact) mass is 254 g/mol. The Morgan fingerprint density at radius 3 is 2.72 bits per heavy atom. The number of nitro benzene ring substituents is 1. The number of carboxylic acids is 1. The molecule has 2 N–H and O–H groups in total. The summed E-state index contributed by atoms with van der Waals surface area (Å²) in [6.45, 7) is 0.486. The first kappa shape index (κ1) is 13.9. The minimum Gasteiger partial charge on any atom is -0.508 e. The number of hydrogen-bond donors (Lipinski definition) is 2. The number of carbonyl (C=O) groups is 1. The largest absolute Gasteiger partial charge is 0.508 e. The zero-order valence-electron chi connectivity index (χ0n) is 9.87. The summed E-state index contributed by atoms with van der Waals surface area (Å²) in [7, 11) is 1.66. The van der Waals surface area contributed by atoms with Crippen LogP contribution in [0.5, 0.6) is 5.75 Å². The zero-order chi connectivity index (χ0) is 13.7. The van der Waals surface area contributed by atoms with Crippen LogP contribution in [0.2, 0.25) is 0 Å². The smallest absolute Gasteiger partial charge is 0.304 e. The van der Waals surface area contributed by atoms with Crippen molar-refractivity contribution in [3.8, 4) is 5.75 Å². The second-order valence-corrected chi connectivity index (χ2v) is 3.95. The summed E-state index contributed by atoms with van der Waals surface area (Å²) < 4.78 is 0. The van der Waals surface area contributed by atoms with E-state index in [0.717, 1.165) is 0 Å². The molecule has 0 aliphatic rings. The van der Waals surface area contributed by atoms with Gasteiger partial charge in [0.05, 0.1) is 11.3 Å². The second kappa shape index (κ2) is 5.97. The quantitative estimate of drug-likeness (QED) is 0.584. The summed E-state index contributed by atoms with van der Waals surface area (Å²) in [5, 5.41) is 28.6. The van der Waals surface area contributed by atoms with E-state index in [2.05, 4.69) is 0 Å². The van der Waals surface area contributed by atoms with Crippen molar-refractivity contribution in [2.45, 2.75) is 13.0 Å². The van der Waals surface area contributed by atoms with Crippen LogP contribution in [0, 0.1) is 10.1 Å². The van der Waals surface area contributed by atoms with Crippen molar-refractivity contribution in [3.63, 3.8) is 0 Å². The van der Waals surface area contributed by atoms with E-state index in [1.165, 1.54) is 18.2 Å². The van der Waals surface area contributed by atoms with E-state index in [0.29, 0.717) is 5.56 Å². The fourth-order valence-corrected chi connectivity index (χ4v) is 1.53. The van der Waals surface area contributed by atoms with Gasteiger partial charge in [0.15, 0.2) is 0 Å². The van der Waals surface area contributed by atoms with Crippen molar-refractivity contribution in [2.75, 3.05) is 13.6 Å². The molecule has 0 atom stereocenters. The molecule has 98 valence electrons. The highest BCUT2D eigenvalue weighted by atomic mass is 16.6. The molecule has 0 aliphatic carbocycles. The van der Waals surface area contributed by atoms with Crippen molar-refractivity contribution in [1.29, 1.82) is 0 Å². The van der Waals surface area contributed by atoms with E-state index >= 15 is 0 Å². The summed E-state index contributed by atoms with van der Waals surface area (Å²) in [4.78, 5) is 22.3. The number of carboxylic acid groups (broad SMARTS) is 1. The van der Waals surface area contributed by atoms with Crippen LogP contribution in [0.15, 0.2) is 18.2 Å². The molecule has 0 unspecified atom stereocenters. The molecule has 0 bridgehead atoms. The number of nitrogens with zero attached hydrogens (tertiary/aromatic N) is 2. The van der Waals surface area contributed by atoms with Gasteiger partial charge in [-0.2, -0.15) is 0 Å². The number of phenolic OH excluding ortho intramolecular Hbond substituents is 1. The highest BCUT2D eigenvalue weighted by Gasteiger charge is 2.15. The van der Waals surface area contributed by atoms with Gasteiger partial charge in [-0.05, 0) is 19.2 Å². The van der Waals surface area contributed by atoms with E-state index in [9.17, 15) is 20.0 Å². The van der Waals surface area contributed by atoms with Crippen LogP contribution in [0.4, 0.5) is 5.69 Å². The predicted molar refractivity (Wildman–Crippen MR) is 63.3 cm³/mol. The molecule has 7 heteroatoms. The third-order valence-corrected chi connectivity index (χ3v) is 2.41. The molecule has 0 heterocycles. The Bertz CT molecular complexity index is 461. The number of benzene rings is 1. The molecule has 18 heavy (non-hydrogen) atoms. The second-order valence-electron chi connectivity index (χ2n) is 3.95. The van der Waals surface area contributed by atoms with E-state index in [-0.39, 0.29) is 30.9 Å². The number of rotatable bonds is 6. The van der Waals surface area contributed by atoms with Gasteiger partial charge in [-0.1, -0.05) is 0 Å². The minimum absolute atomic E-state index is 0.0386. The van der Waals surface area contributed by atoms with Gasteiger partial charge >= 0.3 is 5.97 Å². The summed E-state index contributed by atoms with van der Waals surface area (Å²) in [5.74, 6) is -0.977. The molecule has 0 fully saturated rings. The third kappa shape index (κ3) is 4.02. The minimum atomic E-state index is -0.924. The summed E-state index contributed by atoms with van der Waals surface area (Å²) in [6.07, 6.45) is -0.0386. The maximum absolute atomic E-state index is 10.8. The lowest BCUT2D eigenvalue weighted by Crippen LogP contribution is -2.21. The van der Waals surface area contributed by atoms with Crippen LogP contribution in [-0.4, -0.2) is 39.6 Å². The van der Waals surface area contributed by atoms with Gasteiger partial charge in [0.2, 0.25) is 0 Å². The number of phenols is 1. The Morgan fingerprint density at radius 1 is 1.50 bits per heavy atom. The molecule has 0 spiro atoms. The fraction of sp³-hybridized carbons (Fsp3) is 0.364. The zero-order valence-corrected chi connectivity index (χ0v) is 9.87. The number of hydrogen-bond acceptors (Lipinski definition) is 5. The number of aromatic hydroxyl groups is 1. The molecular weight excluding hydrogens is 240 g/mol. The number of aliphatic carboxylic acids is 1. The normalized spacial score (nSPS) is 10.6. The average Bonchev–Trinajstić information content (AvgIpc) is 2.26. The summed E-state index contributed by atoms with van der Waals surface area (Å²) in [5.41, 5.74) is 0.267. The van der Waals surface area contributed by atoms with Crippen LogP contribution in [0.1, 0.15) is 12.0 Å². The van der Waals surface area contributed by atoms with Crippen LogP contribution < -0.4 is 0 Å². The lowest BCUT2D eigenvalue weighted by atomic mass is 10.1. The van der Waals surface area contributed by atoms with Gasteiger partial charge in [0.25, 0.3) is 5.69 Å². The van der Waals surface area contributed by atoms with Crippen LogP contribution in [-0.2, 0) is 11.3 Å². The van der Waals surface area contributed by atoms with Crippen molar-refractivity contribution in [2.24, 2.45) is 0 Å². The van der Waals surface area contributed by atoms with Gasteiger partial charge in [-0.15, -0.1) is 0 Å². The Kier molecular flexibility index (Phi) is 4.61. The van der Waals surface area contributed by atoms with Crippen molar-refractivity contribution < 1.29 is 19.9 Å². The first-order valence-corrected chi connectivity index (χ1v) is 5.26. The Labute approximate surface area is 103 Å². The summed E-state index contributed by atoms with van der Waals surface area (Å²) >= 11 is 0. The third-order valence-electron chi connectivity index (χ3n) is 2.41. The Balaban J connectivity index is 2.79. The lowest BCUT2D eigenvalue weighted by Gasteiger charge is -2.15. The fourth-order valence-electron chi connectivity index (χ4n) is 1.53. The Hall–Kier alpha value is -2.15. The molecule has 1 rings (SSSR count).